The lowest BCUT2D eigenvalue weighted by Gasteiger charge is -2.33. The molecule has 3 aromatic rings. The van der Waals surface area contributed by atoms with E-state index in [0.717, 1.165) is 27.9 Å². The van der Waals surface area contributed by atoms with Gasteiger partial charge in [0.05, 0.1) is 11.7 Å². The Balaban J connectivity index is 1.46. The molecule has 5 rings (SSSR count). The molecule has 3 atom stereocenters. The van der Waals surface area contributed by atoms with E-state index in [-0.39, 0.29) is 24.3 Å². The summed E-state index contributed by atoms with van der Waals surface area (Å²) in [6, 6.07) is 18.5. The van der Waals surface area contributed by atoms with Gasteiger partial charge in [-0.2, -0.15) is 0 Å². The zero-order chi connectivity index (χ0) is 19.8. The van der Waals surface area contributed by atoms with Crippen molar-refractivity contribution >= 4 is 28.8 Å². The number of thioether (sulfide) groups is 1. The zero-order valence-electron chi connectivity index (χ0n) is 16.3. The molecular weight excluding hydrogens is 384 g/mol. The standard InChI is InChI=1S/C23H24N2O3S/c1-2-27-18-14-19-22(20-16-10-6-7-11-17(16)24-21(18)20)25(23(26)28-19)12-13-29-15-8-4-3-5-9-15/h3-11,18-19,22,24H,2,12-14H2,1H3/t18-,19+,22+/m1/s1. The van der Waals surface area contributed by atoms with Crippen molar-refractivity contribution in [2.24, 2.45) is 0 Å². The maximum atomic E-state index is 12.8. The van der Waals surface area contributed by atoms with Crippen LogP contribution in [0.2, 0.25) is 0 Å². The first-order valence-electron chi connectivity index (χ1n) is 10.1. The number of para-hydroxylation sites is 1. The molecule has 1 saturated heterocycles. The van der Waals surface area contributed by atoms with Crippen LogP contribution in [-0.4, -0.2) is 41.0 Å². The average Bonchev–Trinajstić information content (AvgIpc) is 3.27. The van der Waals surface area contributed by atoms with Crippen molar-refractivity contribution in [3.05, 3.63) is 65.9 Å². The molecule has 1 fully saturated rings. The highest BCUT2D eigenvalue weighted by atomic mass is 32.2. The minimum Gasteiger partial charge on any atom is -0.443 e. The number of aromatic amines is 1. The Morgan fingerprint density at radius 1 is 1.17 bits per heavy atom. The Morgan fingerprint density at radius 2 is 1.97 bits per heavy atom. The summed E-state index contributed by atoms with van der Waals surface area (Å²) in [5.74, 6) is 0.828. The van der Waals surface area contributed by atoms with Crippen molar-refractivity contribution in [3.8, 4) is 0 Å². The van der Waals surface area contributed by atoms with Gasteiger partial charge in [0.2, 0.25) is 0 Å². The third-order valence-electron chi connectivity index (χ3n) is 5.73. The van der Waals surface area contributed by atoms with Gasteiger partial charge in [-0.1, -0.05) is 36.4 Å². The minimum atomic E-state index is -0.220. The summed E-state index contributed by atoms with van der Waals surface area (Å²) in [7, 11) is 0. The highest BCUT2D eigenvalue weighted by Gasteiger charge is 2.49. The van der Waals surface area contributed by atoms with Gasteiger partial charge in [-0.15, -0.1) is 11.8 Å². The van der Waals surface area contributed by atoms with E-state index in [0.29, 0.717) is 19.6 Å². The predicted molar refractivity (Wildman–Crippen MR) is 114 cm³/mol. The summed E-state index contributed by atoms with van der Waals surface area (Å²) >= 11 is 1.76. The molecular formula is C23H24N2O3S. The summed E-state index contributed by atoms with van der Waals surface area (Å²) in [6.45, 7) is 3.28. The topological polar surface area (TPSA) is 54.6 Å². The molecule has 2 aliphatic rings. The van der Waals surface area contributed by atoms with Gasteiger partial charge in [0, 0.05) is 46.7 Å². The predicted octanol–water partition coefficient (Wildman–Crippen LogP) is 5.30. The summed E-state index contributed by atoms with van der Waals surface area (Å²) in [5, 5.41) is 1.15. The van der Waals surface area contributed by atoms with Crippen LogP contribution in [0.15, 0.2) is 59.5 Å². The van der Waals surface area contributed by atoms with Gasteiger partial charge in [-0.05, 0) is 25.1 Å². The Labute approximate surface area is 174 Å². The molecule has 2 aromatic carbocycles. The third kappa shape index (κ3) is 3.30. The van der Waals surface area contributed by atoms with Gasteiger partial charge in [0.15, 0.2) is 0 Å². The number of rotatable bonds is 6. The normalized spacial score (nSPS) is 23.1. The first-order valence-corrected chi connectivity index (χ1v) is 11.1. The first kappa shape index (κ1) is 18.6. The van der Waals surface area contributed by atoms with Crippen LogP contribution in [0, 0.1) is 0 Å². The fraction of sp³-hybridized carbons (Fsp3) is 0.348. The van der Waals surface area contributed by atoms with Gasteiger partial charge in [0.25, 0.3) is 0 Å². The number of nitrogens with zero attached hydrogens (tertiary/aromatic N) is 1. The number of fused-ring (bicyclic) bond motifs is 5. The molecule has 6 heteroatoms. The van der Waals surface area contributed by atoms with E-state index in [9.17, 15) is 4.79 Å². The van der Waals surface area contributed by atoms with Gasteiger partial charge >= 0.3 is 6.09 Å². The van der Waals surface area contributed by atoms with Crippen molar-refractivity contribution in [2.45, 2.75) is 36.5 Å². The fourth-order valence-electron chi connectivity index (χ4n) is 4.54. The number of nitrogens with one attached hydrogen (secondary N) is 1. The first-order chi connectivity index (χ1) is 14.3. The average molecular weight is 409 g/mol. The van der Waals surface area contributed by atoms with Crippen LogP contribution in [0.3, 0.4) is 0 Å². The second-order valence-electron chi connectivity index (χ2n) is 7.40. The molecule has 1 N–H and O–H groups in total. The summed E-state index contributed by atoms with van der Waals surface area (Å²) in [4.78, 5) is 19.4. The number of benzene rings is 2. The SMILES string of the molecule is CCO[C@@H]1C[C@@H]2OC(=O)N(CCSc3ccccc3)[C@@H]2c2c1[nH]c1ccccc21. The number of hydrogen-bond donors (Lipinski definition) is 1. The van der Waals surface area contributed by atoms with Crippen LogP contribution in [0.5, 0.6) is 0 Å². The van der Waals surface area contributed by atoms with E-state index in [2.05, 4.69) is 29.2 Å². The van der Waals surface area contributed by atoms with Gasteiger partial charge in [-0.3, -0.25) is 4.90 Å². The molecule has 0 spiro atoms. The lowest BCUT2D eigenvalue weighted by atomic mass is 9.86. The smallest absolute Gasteiger partial charge is 0.410 e. The number of aromatic nitrogens is 1. The molecule has 5 nitrogen and oxygen atoms in total. The highest BCUT2D eigenvalue weighted by molar-refractivity contribution is 7.99. The van der Waals surface area contributed by atoms with Crippen LogP contribution < -0.4 is 0 Å². The molecule has 1 aliphatic carbocycles. The van der Waals surface area contributed by atoms with Crippen LogP contribution in [0.25, 0.3) is 10.9 Å². The molecule has 0 unspecified atom stereocenters. The Morgan fingerprint density at radius 3 is 2.79 bits per heavy atom. The second-order valence-corrected chi connectivity index (χ2v) is 8.57. The van der Waals surface area contributed by atoms with Gasteiger partial charge in [0.1, 0.15) is 12.2 Å². The van der Waals surface area contributed by atoms with Gasteiger partial charge in [-0.25, -0.2) is 4.79 Å². The number of ether oxygens (including phenoxy) is 2. The number of hydrogen-bond acceptors (Lipinski definition) is 4. The Hall–Kier alpha value is -2.44. The quantitative estimate of drug-likeness (QED) is 0.562. The lowest BCUT2D eigenvalue weighted by molar-refractivity contribution is 0.00547. The van der Waals surface area contributed by atoms with Crippen molar-refractivity contribution in [3.63, 3.8) is 0 Å². The van der Waals surface area contributed by atoms with Crippen molar-refractivity contribution < 1.29 is 14.3 Å². The van der Waals surface area contributed by atoms with Gasteiger partial charge < -0.3 is 14.5 Å². The lowest BCUT2D eigenvalue weighted by Crippen LogP contribution is -2.35. The van der Waals surface area contributed by atoms with Crippen molar-refractivity contribution in [2.75, 3.05) is 18.9 Å². The molecule has 0 radical (unpaired) electrons. The summed E-state index contributed by atoms with van der Waals surface area (Å²) in [5.41, 5.74) is 3.33. The van der Waals surface area contributed by atoms with E-state index >= 15 is 0 Å². The van der Waals surface area contributed by atoms with E-state index in [1.165, 1.54) is 4.90 Å². The van der Waals surface area contributed by atoms with E-state index in [1.54, 1.807) is 11.8 Å². The molecule has 1 aromatic heterocycles. The van der Waals surface area contributed by atoms with E-state index in [4.69, 9.17) is 9.47 Å². The fourth-order valence-corrected chi connectivity index (χ4v) is 5.42. The minimum absolute atomic E-state index is 0.0678. The molecule has 0 saturated carbocycles. The van der Waals surface area contributed by atoms with Crippen molar-refractivity contribution in [1.29, 1.82) is 0 Å². The number of carbonyl (C=O) groups excluding carboxylic acids is 1. The molecule has 2 heterocycles. The molecule has 1 amide bonds. The number of H-pyrrole nitrogens is 1. The molecule has 1 aliphatic heterocycles. The molecule has 150 valence electrons. The number of carbonyl (C=O) groups is 1. The number of amides is 1. The monoisotopic (exact) mass is 408 g/mol. The van der Waals surface area contributed by atoms with Crippen LogP contribution in [0.4, 0.5) is 4.79 Å². The summed E-state index contributed by atoms with van der Waals surface area (Å²) < 4.78 is 11.8. The zero-order valence-corrected chi connectivity index (χ0v) is 17.2. The Kier molecular flexibility index (Phi) is 4.97. The molecule has 29 heavy (non-hydrogen) atoms. The van der Waals surface area contributed by atoms with Crippen molar-refractivity contribution in [1.82, 2.24) is 9.88 Å². The maximum absolute atomic E-state index is 12.8. The summed E-state index contributed by atoms with van der Waals surface area (Å²) in [6.07, 6.45) is 0.219. The third-order valence-corrected chi connectivity index (χ3v) is 6.72. The second kappa shape index (κ2) is 7.76. The Bertz CT molecular complexity index is 1020. The largest absolute Gasteiger partial charge is 0.443 e. The highest BCUT2D eigenvalue weighted by Crippen LogP contribution is 2.48. The van der Waals surface area contributed by atoms with Crippen LogP contribution in [-0.2, 0) is 9.47 Å². The molecule has 0 bridgehead atoms. The maximum Gasteiger partial charge on any atom is 0.410 e. The van der Waals surface area contributed by atoms with E-state index in [1.807, 2.05) is 42.2 Å². The van der Waals surface area contributed by atoms with Crippen LogP contribution in [0.1, 0.15) is 36.7 Å². The van der Waals surface area contributed by atoms with E-state index < -0.39 is 0 Å². The van der Waals surface area contributed by atoms with Crippen LogP contribution >= 0.6 is 11.8 Å².